The topological polar surface area (TPSA) is 0 Å². The molecule has 0 aromatic heterocycles. The predicted molar refractivity (Wildman–Crippen MR) is 196 cm³/mol. The average Bonchev–Trinajstić information content (AvgIpc) is 3.39. The molecule has 0 bridgehead atoms. The fraction of sp³-hybridized carbons (Fsp3) is 0.436. The molecular weight excluding hydrogens is 622 g/mol. The fourth-order valence-electron chi connectivity index (χ4n) is 6.22. The molecule has 0 spiro atoms. The smallest absolute Gasteiger partial charge is 0.160 e. The molecule has 0 aliphatic carbocycles. The second-order valence-corrected chi connectivity index (χ2v) is 22.5. The summed E-state index contributed by atoms with van der Waals surface area (Å²) in [5, 5.41) is 10.0. The Morgan fingerprint density at radius 3 is 1.10 bits per heavy atom. The summed E-state index contributed by atoms with van der Waals surface area (Å²) in [6.07, 6.45) is 5.58. The Labute approximate surface area is 280 Å². The van der Waals surface area contributed by atoms with Gasteiger partial charge in [-0.2, -0.15) is 12.1 Å². The molecule has 0 heterocycles. The van der Waals surface area contributed by atoms with E-state index in [-0.39, 0.29) is 42.0 Å². The first-order chi connectivity index (χ1) is 18.8. The van der Waals surface area contributed by atoms with Gasteiger partial charge in [-0.1, -0.05) is 136 Å². The fourth-order valence-corrected chi connectivity index (χ4v) is 14.4. The summed E-state index contributed by atoms with van der Waals surface area (Å²) in [6.45, 7) is 33.9. The molecule has 3 heteroatoms. The third kappa shape index (κ3) is 11.1. The van der Waals surface area contributed by atoms with Crippen LogP contribution in [0.4, 0.5) is 0 Å². The summed E-state index contributed by atoms with van der Waals surface area (Å²) in [6, 6.07) is 27.0. The van der Waals surface area contributed by atoms with Gasteiger partial charge >= 0.3 is 26.2 Å². The van der Waals surface area contributed by atoms with Gasteiger partial charge in [0.25, 0.3) is 0 Å². The Kier molecular flexibility index (Phi) is 14.6. The number of fused-ring (bicyclic) bond motifs is 2. The Morgan fingerprint density at radius 2 is 0.881 bits per heavy atom. The van der Waals surface area contributed by atoms with Gasteiger partial charge in [0, 0.05) is 0 Å². The van der Waals surface area contributed by atoms with Gasteiger partial charge in [0.2, 0.25) is 0 Å². The van der Waals surface area contributed by atoms with Gasteiger partial charge in [-0.3, -0.25) is 0 Å². The minimum absolute atomic E-state index is 0. The zero-order valence-electron chi connectivity index (χ0n) is 28.8. The van der Waals surface area contributed by atoms with Crippen molar-refractivity contribution in [1.29, 1.82) is 0 Å². The molecule has 0 amide bonds. The second kappa shape index (κ2) is 15.7. The number of hydrogen-bond acceptors (Lipinski definition) is 0. The van der Waals surface area contributed by atoms with Gasteiger partial charge < -0.3 is 0 Å². The number of hydrogen-bond donors (Lipinski definition) is 0. The van der Waals surface area contributed by atoms with E-state index < -0.39 is 0 Å². The van der Waals surface area contributed by atoms with Crippen molar-refractivity contribution < 1.29 is 26.2 Å². The summed E-state index contributed by atoms with van der Waals surface area (Å²) in [5.74, 6) is 0. The van der Waals surface area contributed by atoms with Crippen LogP contribution in [0.1, 0.15) is 90.0 Å². The van der Waals surface area contributed by atoms with E-state index in [0.717, 1.165) is 0 Å². The third-order valence-corrected chi connectivity index (χ3v) is 13.6. The van der Waals surface area contributed by atoms with Crippen molar-refractivity contribution in [2.45, 2.75) is 111 Å². The van der Waals surface area contributed by atoms with Crippen molar-refractivity contribution in [3.05, 3.63) is 97.6 Å². The van der Waals surface area contributed by atoms with Crippen LogP contribution in [-0.2, 0) is 26.2 Å². The maximum Gasteiger partial charge on any atom is 2.00 e. The van der Waals surface area contributed by atoms with E-state index in [9.17, 15) is 0 Å². The van der Waals surface area contributed by atoms with E-state index >= 15 is 0 Å². The molecule has 0 saturated carbocycles. The Bertz CT molecular complexity index is 1210. The largest absolute Gasteiger partial charge is 2.00 e. The van der Waals surface area contributed by atoms with Gasteiger partial charge in [-0.05, 0) is 27.5 Å². The van der Waals surface area contributed by atoms with Crippen molar-refractivity contribution >= 4 is 48.0 Å². The molecule has 4 aromatic rings. The standard InChI is InChI=1S/2C17H24P.C5H8.Zr/c2*1-16(2,3)18(17(4,5)6)15-11-13-9-7-8-10-14(13)12-15;1-3-5-4-2;/h2*7-12H,1-6H3;3-5H,1H2,2H3;/q2*-1;;+2. The van der Waals surface area contributed by atoms with Crippen LogP contribution in [0.5, 0.6) is 0 Å². The summed E-state index contributed by atoms with van der Waals surface area (Å²) >= 11 is 0. The molecule has 0 aliphatic rings. The van der Waals surface area contributed by atoms with E-state index in [0.29, 0.717) is 20.6 Å². The monoisotopic (exact) mass is 676 g/mol. The van der Waals surface area contributed by atoms with Gasteiger partial charge in [0.05, 0.1) is 0 Å². The van der Waals surface area contributed by atoms with E-state index in [1.165, 1.54) is 21.5 Å². The molecule has 0 aliphatic heterocycles. The van der Waals surface area contributed by atoms with Crippen LogP contribution >= 0.6 is 15.8 Å². The quantitative estimate of drug-likeness (QED) is 0.115. The molecular formula is C39H56P2Zr. The van der Waals surface area contributed by atoms with Crippen LogP contribution in [0.15, 0.2) is 97.6 Å². The van der Waals surface area contributed by atoms with Gasteiger partial charge in [-0.25, -0.2) is 0 Å². The molecule has 0 saturated heterocycles. The number of allylic oxidation sites excluding steroid dienone is 3. The van der Waals surface area contributed by atoms with E-state index in [1.807, 2.05) is 19.1 Å². The molecule has 0 fully saturated rings. The first-order valence-corrected chi connectivity index (χ1v) is 17.6. The maximum absolute atomic E-state index is 3.46. The Hall–Kier alpha value is -1.12. The second-order valence-electron chi connectivity index (χ2n) is 14.8. The Morgan fingerprint density at radius 1 is 0.571 bits per heavy atom. The SMILES string of the molecule is C=CC=CC.CC(C)(C)P(c1cc2ccccc2[cH-]1)C(C)(C)C.CC(C)(C)P(c1cc2ccccc2[cH-]1)C(C)(C)C.[Zr+2]. The summed E-state index contributed by atoms with van der Waals surface area (Å²) in [5.41, 5.74) is 0. The van der Waals surface area contributed by atoms with E-state index in [2.05, 4.69) is 162 Å². The first-order valence-electron chi connectivity index (χ1n) is 15.0. The predicted octanol–water partition coefficient (Wildman–Crippen LogP) is 12.3. The Balaban J connectivity index is 0.000000355. The van der Waals surface area contributed by atoms with Crippen molar-refractivity contribution in [1.82, 2.24) is 0 Å². The molecule has 42 heavy (non-hydrogen) atoms. The molecule has 0 radical (unpaired) electrons. The summed E-state index contributed by atoms with van der Waals surface area (Å²) < 4.78 is 0. The van der Waals surface area contributed by atoms with Crippen molar-refractivity contribution in [2.24, 2.45) is 0 Å². The van der Waals surface area contributed by atoms with E-state index in [4.69, 9.17) is 0 Å². The average molecular weight is 678 g/mol. The van der Waals surface area contributed by atoms with Crippen molar-refractivity contribution in [2.75, 3.05) is 0 Å². The number of benzene rings is 2. The van der Waals surface area contributed by atoms with Crippen LogP contribution in [0, 0.1) is 0 Å². The molecule has 0 N–H and O–H groups in total. The molecule has 226 valence electrons. The third-order valence-electron chi connectivity index (χ3n) is 6.73. The summed E-state index contributed by atoms with van der Waals surface area (Å²) in [7, 11) is -0.369. The molecule has 0 unspecified atom stereocenters. The normalized spacial score (nSPS) is 12.6. The van der Waals surface area contributed by atoms with Crippen LogP contribution in [-0.4, -0.2) is 20.6 Å². The zero-order chi connectivity index (χ0) is 31.2. The zero-order valence-corrected chi connectivity index (χ0v) is 33.0. The van der Waals surface area contributed by atoms with E-state index in [1.54, 1.807) is 16.7 Å². The number of rotatable bonds is 3. The molecule has 0 nitrogen and oxygen atoms in total. The minimum atomic E-state index is -0.185. The molecule has 4 aromatic carbocycles. The van der Waals surface area contributed by atoms with Gasteiger partial charge in [0.15, 0.2) is 0 Å². The van der Waals surface area contributed by atoms with Crippen LogP contribution in [0.3, 0.4) is 0 Å². The first kappa shape index (κ1) is 38.9. The van der Waals surface area contributed by atoms with Crippen molar-refractivity contribution in [3.8, 4) is 0 Å². The maximum atomic E-state index is 3.46. The van der Waals surface area contributed by atoms with Crippen LogP contribution in [0.25, 0.3) is 21.5 Å². The van der Waals surface area contributed by atoms with Crippen LogP contribution < -0.4 is 10.6 Å². The van der Waals surface area contributed by atoms with Crippen molar-refractivity contribution in [3.63, 3.8) is 0 Å². The van der Waals surface area contributed by atoms with Gasteiger partial charge in [0.1, 0.15) is 0 Å². The molecule has 4 rings (SSSR count). The van der Waals surface area contributed by atoms with Crippen LogP contribution in [0.2, 0.25) is 0 Å². The van der Waals surface area contributed by atoms with Gasteiger partial charge in [-0.15, -0.1) is 80.7 Å². The minimum Gasteiger partial charge on any atom is -0.160 e. The molecule has 0 atom stereocenters. The summed E-state index contributed by atoms with van der Waals surface area (Å²) in [4.78, 5) is 0.